The van der Waals surface area contributed by atoms with Crippen LogP contribution in [0.3, 0.4) is 0 Å². The van der Waals surface area contributed by atoms with Gasteiger partial charge in [0.15, 0.2) is 0 Å². The molecule has 0 saturated carbocycles. The number of hydrogen-bond donors (Lipinski definition) is 1. The zero-order valence-corrected chi connectivity index (χ0v) is 36.9. The Balaban J connectivity index is 3.07. The van der Waals surface area contributed by atoms with E-state index in [9.17, 15) is 4.79 Å². The Hall–Kier alpha value is -1.94. The quantitative estimate of drug-likeness (QED) is 0.0388. The van der Waals surface area contributed by atoms with Crippen molar-refractivity contribution in [2.45, 2.75) is 6.42 Å². The summed E-state index contributed by atoms with van der Waals surface area (Å²) in [6.45, 7) is 16.9. The maximum atomic E-state index is 10.4. The number of aliphatic carboxylic acids is 1. The molecule has 0 aromatic carbocycles. The van der Waals surface area contributed by atoms with Crippen LogP contribution in [0.4, 0.5) is 0 Å². The van der Waals surface area contributed by atoms with E-state index in [1.165, 1.54) is 0 Å². The lowest BCUT2D eigenvalue weighted by molar-refractivity contribution is -0.138. The Bertz CT molecular complexity index is 860. The molecule has 0 aliphatic heterocycles. The first-order valence-corrected chi connectivity index (χ1v) is 21.4. The Labute approximate surface area is 367 Å². The second-order valence-corrected chi connectivity index (χ2v) is 12.1. The molecule has 1 N–H and O–H groups in total. The SMILES string of the molecule is [N-]=[N+]=NCCOCCOCCOCCOCCOCCOCCOCCOCCOCCOCCOCCOCCOCCOCCOCCOCCOCCOCCC(=O)O. The van der Waals surface area contributed by atoms with Gasteiger partial charge in [0.25, 0.3) is 0 Å². The largest absolute Gasteiger partial charge is 0.481 e. The van der Waals surface area contributed by atoms with E-state index < -0.39 is 5.97 Å². The molecule has 0 aliphatic carbocycles. The summed E-state index contributed by atoms with van der Waals surface area (Å²) >= 11 is 0. The molecular weight excluding hydrogens is 830 g/mol. The lowest BCUT2D eigenvalue weighted by atomic mass is 10.5. The molecule has 0 atom stereocenters. The summed E-state index contributed by atoms with van der Waals surface area (Å²) in [5.41, 5.74) is 8.15. The minimum Gasteiger partial charge on any atom is -0.481 e. The van der Waals surface area contributed by atoms with E-state index in [0.29, 0.717) is 238 Å². The van der Waals surface area contributed by atoms with Gasteiger partial charge in [0, 0.05) is 11.5 Å². The van der Waals surface area contributed by atoms with Crippen molar-refractivity contribution in [3.63, 3.8) is 0 Å². The predicted octanol–water partition coefficient (Wildman–Crippen LogP) is 1.07. The summed E-state index contributed by atoms with van der Waals surface area (Å²) in [5, 5.41) is 11.9. The highest BCUT2D eigenvalue weighted by Gasteiger charge is 1.99. The van der Waals surface area contributed by atoms with Crippen molar-refractivity contribution in [2.24, 2.45) is 5.11 Å². The number of azide groups is 1. The van der Waals surface area contributed by atoms with Crippen LogP contribution in [0.2, 0.25) is 0 Å². The third-order valence-electron chi connectivity index (χ3n) is 7.18. The molecule has 0 aliphatic rings. The van der Waals surface area contributed by atoms with Gasteiger partial charge < -0.3 is 90.4 Å². The molecule has 62 heavy (non-hydrogen) atoms. The first-order valence-electron chi connectivity index (χ1n) is 21.4. The number of ether oxygens (including phenoxy) is 18. The van der Waals surface area contributed by atoms with Gasteiger partial charge in [-0.25, -0.2) is 0 Å². The van der Waals surface area contributed by atoms with Crippen LogP contribution < -0.4 is 0 Å². The summed E-state index contributed by atoms with van der Waals surface area (Å²) in [4.78, 5) is 13.0. The van der Waals surface area contributed by atoms with E-state index in [1.807, 2.05) is 0 Å². The normalized spacial score (nSPS) is 11.4. The van der Waals surface area contributed by atoms with E-state index >= 15 is 0 Å². The van der Waals surface area contributed by atoms with Crippen LogP contribution in [0.25, 0.3) is 10.4 Å². The molecule has 23 nitrogen and oxygen atoms in total. The topological polar surface area (TPSA) is 252 Å². The molecule has 0 amide bonds. The van der Waals surface area contributed by atoms with Crippen LogP contribution in [0.15, 0.2) is 5.11 Å². The Morgan fingerprint density at radius 3 is 0.581 bits per heavy atom. The summed E-state index contributed by atoms with van der Waals surface area (Å²) in [6.07, 6.45) is -0.00851. The molecule has 0 aromatic heterocycles. The third-order valence-corrected chi connectivity index (χ3v) is 7.18. The minimum atomic E-state index is -0.879. The Kier molecular flexibility index (Phi) is 55.3. The molecule has 0 aromatic rings. The van der Waals surface area contributed by atoms with Crippen LogP contribution >= 0.6 is 0 Å². The average Bonchev–Trinajstić information content (AvgIpc) is 3.27. The molecule has 0 unspecified atom stereocenters. The average molecular weight is 908 g/mol. The molecule has 23 heteroatoms. The van der Waals surface area contributed by atoms with Gasteiger partial charge in [-0.05, 0) is 5.53 Å². The van der Waals surface area contributed by atoms with Crippen molar-refractivity contribution in [3.05, 3.63) is 10.4 Å². The second kappa shape index (κ2) is 57.1. The first-order chi connectivity index (χ1) is 30.8. The standard InChI is InChI=1S/C39H77N3O20/c40-42-41-2-4-46-6-8-48-10-12-50-14-16-52-18-20-54-22-24-56-26-28-58-30-32-60-34-36-62-38-37-61-35-33-59-31-29-57-27-25-55-23-21-53-19-17-51-15-13-49-11-9-47-7-5-45-3-1-39(43)44/h1-38H2,(H,43,44). The van der Waals surface area contributed by atoms with Gasteiger partial charge in [-0.2, -0.15) is 0 Å². The number of hydrogen-bond acceptors (Lipinski definition) is 20. The van der Waals surface area contributed by atoms with E-state index in [4.69, 9.17) is 95.9 Å². The summed E-state index contributed by atoms with van der Waals surface area (Å²) < 4.78 is 97.6. The summed E-state index contributed by atoms with van der Waals surface area (Å²) in [7, 11) is 0. The van der Waals surface area contributed by atoms with Crippen LogP contribution in [-0.2, 0) is 90.1 Å². The number of carboxylic acids is 1. The molecule has 368 valence electrons. The molecule has 0 rings (SSSR count). The highest BCUT2D eigenvalue weighted by atomic mass is 16.6. The molecule has 0 heterocycles. The lowest BCUT2D eigenvalue weighted by Gasteiger charge is -2.09. The van der Waals surface area contributed by atoms with Crippen molar-refractivity contribution in [3.8, 4) is 0 Å². The van der Waals surface area contributed by atoms with Crippen LogP contribution in [0.1, 0.15) is 6.42 Å². The van der Waals surface area contributed by atoms with Gasteiger partial charge in [0.2, 0.25) is 0 Å². The lowest BCUT2D eigenvalue weighted by Crippen LogP contribution is -2.16. The Morgan fingerprint density at radius 1 is 0.290 bits per heavy atom. The fraction of sp³-hybridized carbons (Fsp3) is 0.974. The second-order valence-electron chi connectivity index (χ2n) is 12.1. The van der Waals surface area contributed by atoms with Crippen molar-refractivity contribution in [1.29, 1.82) is 0 Å². The van der Waals surface area contributed by atoms with Gasteiger partial charge in [0.1, 0.15) is 0 Å². The van der Waals surface area contributed by atoms with E-state index in [1.54, 1.807) is 0 Å². The van der Waals surface area contributed by atoms with Crippen LogP contribution in [0, 0.1) is 0 Å². The van der Waals surface area contributed by atoms with Gasteiger partial charge in [0.05, 0.1) is 244 Å². The fourth-order valence-electron chi connectivity index (χ4n) is 4.15. The van der Waals surface area contributed by atoms with E-state index in [-0.39, 0.29) is 13.0 Å². The highest BCUT2D eigenvalue weighted by molar-refractivity contribution is 5.66. The fourth-order valence-corrected chi connectivity index (χ4v) is 4.15. The molecule has 0 bridgehead atoms. The minimum absolute atomic E-state index is 0.00851. The van der Waals surface area contributed by atoms with Crippen LogP contribution in [0.5, 0.6) is 0 Å². The Morgan fingerprint density at radius 2 is 0.435 bits per heavy atom. The molecule has 0 spiro atoms. The van der Waals surface area contributed by atoms with Gasteiger partial charge >= 0.3 is 5.97 Å². The highest BCUT2D eigenvalue weighted by Crippen LogP contribution is 1.90. The monoisotopic (exact) mass is 908 g/mol. The summed E-state index contributed by atoms with van der Waals surface area (Å²) in [5.74, 6) is -0.879. The van der Waals surface area contributed by atoms with Gasteiger partial charge in [-0.15, -0.1) is 0 Å². The molecule has 0 saturated heterocycles. The van der Waals surface area contributed by atoms with Crippen molar-refractivity contribution < 1.29 is 95.2 Å². The van der Waals surface area contributed by atoms with E-state index in [2.05, 4.69) is 10.0 Å². The van der Waals surface area contributed by atoms with Gasteiger partial charge in [-0.1, -0.05) is 5.11 Å². The molecule has 0 fully saturated rings. The maximum Gasteiger partial charge on any atom is 0.305 e. The predicted molar refractivity (Wildman–Crippen MR) is 221 cm³/mol. The molecule has 0 radical (unpaired) electrons. The number of carbonyl (C=O) groups is 1. The van der Waals surface area contributed by atoms with Crippen molar-refractivity contribution >= 4 is 5.97 Å². The van der Waals surface area contributed by atoms with Crippen molar-refractivity contribution in [2.75, 3.05) is 244 Å². The van der Waals surface area contributed by atoms with Gasteiger partial charge in [-0.3, -0.25) is 4.79 Å². The summed E-state index contributed by atoms with van der Waals surface area (Å²) in [6, 6.07) is 0. The third kappa shape index (κ3) is 58.1. The number of nitrogens with zero attached hydrogens (tertiary/aromatic N) is 3. The zero-order valence-electron chi connectivity index (χ0n) is 36.9. The first kappa shape index (κ1) is 60.1. The maximum absolute atomic E-state index is 10.4. The van der Waals surface area contributed by atoms with Crippen LogP contribution in [-0.4, -0.2) is 255 Å². The number of carboxylic acid groups (broad SMARTS) is 1. The smallest absolute Gasteiger partial charge is 0.305 e. The van der Waals surface area contributed by atoms with E-state index in [0.717, 1.165) is 0 Å². The molecular formula is C39H77N3O20. The number of rotatable bonds is 57. The van der Waals surface area contributed by atoms with Crippen molar-refractivity contribution in [1.82, 2.24) is 0 Å². The zero-order chi connectivity index (χ0) is 44.6.